The second-order valence-corrected chi connectivity index (χ2v) is 6.65. The minimum absolute atomic E-state index is 0.0643. The first-order valence-corrected chi connectivity index (χ1v) is 7.14. The fourth-order valence-electron chi connectivity index (χ4n) is 1.66. The number of aromatic amines is 1. The van der Waals surface area contributed by atoms with Crippen LogP contribution in [0.2, 0.25) is 0 Å². The van der Waals surface area contributed by atoms with Crippen molar-refractivity contribution in [3.8, 4) is 0 Å². The molecule has 1 amide bonds. The highest BCUT2D eigenvalue weighted by molar-refractivity contribution is 6.03. The molecule has 1 aromatic heterocycles. The molecule has 0 aliphatic carbocycles. The zero-order chi connectivity index (χ0) is 17.8. The Balaban J connectivity index is 2.84. The van der Waals surface area contributed by atoms with Crippen molar-refractivity contribution in [2.45, 2.75) is 53.3 Å². The van der Waals surface area contributed by atoms with Crippen molar-refractivity contribution in [1.29, 1.82) is 0 Å². The highest BCUT2D eigenvalue weighted by atomic mass is 19.4. The molecule has 1 aromatic rings. The zero-order valence-electron chi connectivity index (χ0n) is 13.8. The van der Waals surface area contributed by atoms with Gasteiger partial charge in [0.1, 0.15) is 5.69 Å². The summed E-state index contributed by atoms with van der Waals surface area (Å²) in [5.41, 5.74) is -1.20. The van der Waals surface area contributed by atoms with Crippen molar-refractivity contribution in [2.24, 2.45) is 10.4 Å². The Labute approximate surface area is 132 Å². The summed E-state index contributed by atoms with van der Waals surface area (Å²) in [6.07, 6.45) is -4.27. The molecule has 23 heavy (non-hydrogen) atoms. The molecule has 0 bridgehead atoms. The Hall–Kier alpha value is -2.06. The predicted molar refractivity (Wildman–Crippen MR) is 82.0 cm³/mol. The molecule has 0 aliphatic rings. The molecule has 0 saturated heterocycles. The third-order valence-corrected chi connectivity index (χ3v) is 2.47. The number of rotatable bonds is 3. The lowest BCUT2D eigenvalue weighted by Gasteiger charge is -2.18. The maximum Gasteiger partial charge on any atom is 0.432 e. The van der Waals surface area contributed by atoms with Gasteiger partial charge in [-0.3, -0.25) is 15.2 Å². The monoisotopic (exact) mass is 333 g/mol. The maximum atomic E-state index is 12.5. The molecule has 0 fully saturated rings. The van der Waals surface area contributed by atoms with Crippen molar-refractivity contribution in [3.63, 3.8) is 0 Å². The van der Waals surface area contributed by atoms with Crippen molar-refractivity contribution in [3.05, 3.63) is 11.8 Å². The Morgan fingerprint density at radius 2 is 1.96 bits per heavy atom. The lowest BCUT2D eigenvalue weighted by molar-refractivity contribution is -0.141. The number of aliphatic imine (C=N–C) groups is 1. The van der Waals surface area contributed by atoms with Gasteiger partial charge < -0.3 is 5.32 Å². The van der Waals surface area contributed by atoms with Gasteiger partial charge >= 0.3 is 6.18 Å². The van der Waals surface area contributed by atoms with Gasteiger partial charge in [0.2, 0.25) is 11.9 Å². The molecule has 0 radical (unpaired) electrons. The summed E-state index contributed by atoms with van der Waals surface area (Å²) in [6, 6.07) is 0.652. The molecule has 1 rings (SSSR count). The predicted octanol–water partition coefficient (Wildman–Crippen LogP) is 3.16. The number of hydrogen-bond donors (Lipinski definition) is 3. The number of H-pyrrole nitrogens is 1. The summed E-state index contributed by atoms with van der Waals surface area (Å²) in [5.74, 6) is -0.293. The van der Waals surface area contributed by atoms with E-state index in [4.69, 9.17) is 0 Å². The number of alkyl halides is 3. The standard InChI is InChI=1S/C14H22F3N5O/c1-8(2)18-12(20-11(23)7-13(3,4)5)19-10-6-9(21-22-10)14(15,16)17/h6,8H,7H2,1-5H3,(H3,18,19,20,21,22,23). The van der Waals surface area contributed by atoms with E-state index in [1.165, 1.54) is 0 Å². The molecule has 0 aromatic carbocycles. The molecule has 6 nitrogen and oxygen atoms in total. The van der Waals surface area contributed by atoms with Crippen molar-refractivity contribution < 1.29 is 18.0 Å². The summed E-state index contributed by atoms with van der Waals surface area (Å²) >= 11 is 0. The van der Waals surface area contributed by atoms with Crippen LogP contribution in [-0.4, -0.2) is 28.1 Å². The van der Waals surface area contributed by atoms with Crippen LogP contribution in [0.15, 0.2) is 11.1 Å². The van der Waals surface area contributed by atoms with Gasteiger partial charge in [-0.05, 0) is 19.3 Å². The third kappa shape index (κ3) is 7.16. The molecular weight excluding hydrogens is 311 g/mol. The zero-order valence-corrected chi connectivity index (χ0v) is 13.8. The molecule has 3 N–H and O–H groups in total. The van der Waals surface area contributed by atoms with E-state index in [1.54, 1.807) is 13.8 Å². The van der Waals surface area contributed by atoms with Crippen LogP contribution in [0.25, 0.3) is 0 Å². The summed E-state index contributed by atoms with van der Waals surface area (Å²) in [5, 5.41) is 10.6. The number of amides is 1. The fourth-order valence-corrected chi connectivity index (χ4v) is 1.66. The summed E-state index contributed by atoms with van der Waals surface area (Å²) in [7, 11) is 0. The second kappa shape index (κ2) is 7.01. The molecule has 0 unspecified atom stereocenters. The molecule has 0 saturated carbocycles. The number of anilines is 1. The van der Waals surface area contributed by atoms with E-state index in [-0.39, 0.29) is 35.6 Å². The van der Waals surface area contributed by atoms with E-state index < -0.39 is 11.9 Å². The smallest absolute Gasteiger partial charge is 0.309 e. The van der Waals surface area contributed by atoms with Gasteiger partial charge in [-0.25, -0.2) is 4.99 Å². The van der Waals surface area contributed by atoms with Crippen molar-refractivity contribution in [2.75, 3.05) is 5.32 Å². The van der Waals surface area contributed by atoms with Gasteiger partial charge in [-0.1, -0.05) is 20.8 Å². The SMILES string of the molecule is CC(C)N=C(NC(=O)CC(C)(C)C)Nc1cc(C(F)(F)F)[nH]n1. The summed E-state index contributed by atoms with van der Waals surface area (Å²) in [6.45, 7) is 9.28. The minimum Gasteiger partial charge on any atom is -0.309 e. The Morgan fingerprint density at radius 1 is 1.35 bits per heavy atom. The van der Waals surface area contributed by atoms with Crippen LogP contribution in [-0.2, 0) is 11.0 Å². The average molecular weight is 333 g/mol. The van der Waals surface area contributed by atoms with Crippen LogP contribution in [0.3, 0.4) is 0 Å². The van der Waals surface area contributed by atoms with Crippen LogP contribution in [0.4, 0.5) is 19.0 Å². The minimum atomic E-state index is -4.52. The summed E-state index contributed by atoms with van der Waals surface area (Å²) < 4.78 is 37.6. The average Bonchev–Trinajstić information content (AvgIpc) is 2.72. The molecule has 0 spiro atoms. The van der Waals surface area contributed by atoms with Gasteiger partial charge in [-0.15, -0.1) is 0 Å². The molecule has 130 valence electrons. The van der Waals surface area contributed by atoms with Gasteiger partial charge in [0, 0.05) is 18.5 Å². The van der Waals surface area contributed by atoms with Gasteiger partial charge in [0.05, 0.1) is 0 Å². The van der Waals surface area contributed by atoms with E-state index in [0.717, 1.165) is 6.07 Å². The van der Waals surface area contributed by atoms with E-state index in [0.29, 0.717) is 0 Å². The molecular formula is C14H22F3N5O. The van der Waals surface area contributed by atoms with Crippen LogP contribution >= 0.6 is 0 Å². The number of hydrogen-bond acceptors (Lipinski definition) is 3. The quantitative estimate of drug-likeness (QED) is 0.587. The lowest BCUT2D eigenvalue weighted by atomic mass is 9.92. The van der Waals surface area contributed by atoms with E-state index in [9.17, 15) is 18.0 Å². The largest absolute Gasteiger partial charge is 0.432 e. The topological polar surface area (TPSA) is 82.2 Å². The van der Waals surface area contributed by atoms with Gasteiger partial charge in [-0.2, -0.15) is 18.3 Å². The van der Waals surface area contributed by atoms with E-state index in [2.05, 4.69) is 20.7 Å². The number of carbonyl (C=O) groups excluding carboxylic acids is 1. The Morgan fingerprint density at radius 3 is 2.39 bits per heavy atom. The first-order valence-electron chi connectivity index (χ1n) is 7.14. The number of carbonyl (C=O) groups is 1. The van der Waals surface area contributed by atoms with Crippen molar-refractivity contribution in [1.82, 2.24) is 15.5 Å². The van der Waals surface area contributed by atoms with Crippen LogP contribution in [0.5, 0.6) is 0 Å². The highest BCUT2D eigenvalue weighted by Crippen LogP contribution is 2.28. The van der Waals surface area contributed by atoms with Gasteiger partial charge in [0.25, 0.3) is 0 Å². The first-order chi connectivity index (χ1) is 10.4. The number of aromatic nitrogens is 2. The van der Waals surface area contributed by atoms with Crippen LogP contribution < -0.4 is 10.6 Å². The molecule has 9 heteroatoms. The fraction of sp³-hybridized carbons (Fsp3) is 0.643. The van der Waals surface area contributed by atoms with E-state index >= 15 is 0 Å². The summed E-state index contributed by atoms with van der Waals surface area (Å²) in [4.78, 5) is 16.1. The van der Waals surface area contributed by atoms with Gasteiger partial charge in [0.15, 0.2) is 5.82 Å². The Kier molecular flexibility index (Phi) is 5.79. The molecule has 1 heterocycles. The van der Waals surface area contributed by atoms with Crippen molar-refractivity contribution >= 4 is 17.7 Å². The number of nitrogens with zero attached hydrogens (tertiary/aromatic N) is 2. The number of halogens is 3. The maximum absolute atomic E-state index is 12.5. The van der Waals surface area contributed by atoms with Crippen LogP contribution in [0.1, 0.15) is 46.7 Å². The lowest BCUT2D eigenvalue weighted by Crippen LogP contribution is -2.38. The first kappa shape index (κ1) is 19.0. The normalized spacial score (nSPS) is 13.3. The third-order valence-electron chi connectivity index (χ3n) is 2.47. The van der Waals surface area contributed by atoms with E-state index in [1.807, 2.05) is 25.9 Å². The second-order valence-electron chi connectivity index (χ2n) is 6.65. The molecule has 0 atom stereocenters. The number of nitrogens with one attached hydrogen (secondary N) is 3. The Bertz CT molecular complexity index is 570. The highest BCUT2D eigenvalue weighted by Gasteiger charge is 2.33. The molecule has 0 aliphatic heterocycles. The number of guanidine groups is 1. The van der Waals surface area contributed by atoms with Crippen LogP contribution in [0, 0.1) is 5.41 Å².